The Kier molecular flexibility index (Phi) is 2.46. The molecule has 0 heterocycles. The topological polar surface area (TPSA) is 61.1 Å². The summed E-state index contributed by atoms with van der Waals surface area (Å²) in [5, 5.41) is 17.2. The van der Waals surface area contributed by atoms with Crippen LogP contribution in [0.15, 0.2) is 30.8 Å². The SMILES string of the molecule is C=C(C(=O)O)c1cccc(C#N)c1. The van der Waals surface area contributed by atoms with Crippen LogP contribution in [0.25, 0.3) is 5.57 Å². The van der Waals surface area contributed by atoms with Crippen LogP contribution in [-0.4, -0.2) is 11.1 Å². The molecule has 0 radical (unpaired) electrons. The highest BCUT2D eigenvalue weighted by atomic mass is 16.4. The average molecular weight is 173 g/mol. The van der Waals surface area contributed by atoms with E-state index in [1.807, 2.05) is 6.07 Å². The van der Waals surface area contributed by atoms with E-state index in [4.69, 9.17) is 10.4 Å². The number of hydrogen-bond acceptors (Lipinski definition) is 2. The Bertz CT molecular complexity index is 402. The molecule has 0 aliphatic carbocycles. The molecule has 0 amide bonds. The Balaban J connectivity index is 3.11. The highest BCUT2D eigenvalue weighted by Gasteiger charge is 2.06. The van der Waals surface area contributed by atoms with Crippen LogP contribution in [0.5, 0.6) is 0 Å². The van der Waals surface area contributed by atoms with Gasteiger partial charge in [-0.25, -0.2) is 4.79 Å². The lowest BCUT2D eigenvalue weighted by atomic mass is 10.1. The minimum absolute atomic E-state index is 0.00269. The van der Waals surface area contributed by atoms with Crippen molar-refractivity contribution in [3.05, 3.63) is 42.0 Å². The van der Waals surface area contributed by atoms with Crippen LogP contribution in [0.2, 0.25) is 0 Å². The van der Waals surface area contributed by atoms with Gasteiger partial charge in [-0.1, -0.05) is 18.7 Å². The van der Waals surface area contributed by atoms with Gasteiger partial charge in [0.1, 0.15) is 0 Å². The molecule has 3 heteroatoms. The highest BCUT2D eigenvalue weighted by molar-refractivity contribution is 6.14. The largest absolute Gasteiger partial charge is 0.478 e. The van der Waals surface area contributed by atoms with E-state index in [2.05, 4.69) is 6.58 Å². The number of nitrogens with zero attached hydrogens (tertiary/aromatic N) is 1. The van der Waals surface area contributed by atoms with E-state index in [-0.39, 0.29) is 5.57 Å². The Morgan fingerprint density at radius 3 is 2.77 bits per heavy atom. The fourth-order valence-electron chi connectivity index (χ4n) is 0.900. The molecule has 0 spiro atoms. The number of rotatable bonds is 2. The summed E-state index contributed by atoms with van der Waals surface area (Å²) in [5.74, 6) is -1.07. The Morgan fingerprint density at radius 2 is 2.23 bits per heavy atom. The van der Waals surface area contributed by atoms with E-state index in [0.29, 0.717) is 11.1 Å². The fourth-order valence-corrected chi connectivity index (χ4v) is 0.900. The monoisotopic (exact) mass is 173 g/mol. The molecule has 1 N–H and O–H groups in total. The van der Waals surface area contributed by atoms with Gasteiger partial charge in [0.15, 0.2) is 0 Å². The van der Waals surface area contributed by atoms with Gasteiger partial charge >= 0.3 is 5.97 Å². The molecule has 0 aliphatic heterocycles. The van der Waals surface area contributed by atoms with Crippen molar-refractivity contribution in [1.29, 1.82) is 5.26 Å². The van der Waals surface area contributed by atoms with Gasteiger partial charge in [0.2, 0.25) is 0 Å². The minimum Gasteiger partial charge on any atom is -0.478 e. The van der Waals surface area contributed by atoms with Crippen LogP contribution in [0.1, 0.15) is 11.1 Å². The van der Waals surface area contributed by atoms with E-state index in [9.17, 15) is 4.79 Å². The van der Waals surface area contributed by atoms with Crippen molar-refractivity contribution >= 4 is 11.5 Å². The maximum absolute atomic E-state index is 10.5. The van der Waals surface area contributed by atoms with E-state index >= 15 is 0 Å². The lowest BCUT2D eigenvalue weighted by molar-refractivity contribution is -0.130. The van der Waals surface area contributed by atoms with Crippen molar-refractivity contribution in [1.82, 2.24) is 0 Å². The Hall–Kier alpha value is -2.08. The van der Waals surface area contributed by atoms with Crippen molar-refractivity contribution in [2.45, 2.75) is 0 Å². The minimum atomic E-state index is -1.07. The highest BCUT2D eigenvalue weighted by Crippen LogP contribution is 2.13. The fraction of sp³-hybridized carbons (Fsp3) is 0. The second-order valence-electron chi connectivity index (χ2n) is 2.48. The Morgan fingerprint density at radius 1 is 1.54 bits per heavy atom. The lowest BCUT2D eigenvalue weighted by Gasteiger charge is -1.99. The van der Waals surface area contributed by atoms with E-state index in [1.54, 1.807) is 18.2 Å². The van der Waals surface area contributed by atoms with Crippen molar-refractivity contribution in [3.8, 4) is 6.07 Å². The summed E-state index contributed by atoms with van der Waals surface area (Å²) in [6, 6.07) is 8.27. The predicted octanol–water partition coefficient (Wildman–Crippen LogP) is 1.66. The van der Waals surface area contributed by atoms with E-state index < -0.39 is 5.97 Å². The third-order valence-electron chi connectivity index (χ3n) is 1.60. The molecule has 64 valence electrons. The van der Waals surface area contributed by atoms with Gasteiger partial charge < -0.3 is 5.11 Å². The van der Waals surface area contributed by atoms with Gasteiger partial charge in [-0.3, -0.25) is 0 Å². The van der Waals surface area contributed by atoms with Crippen LogP contribution in [0.3, 0.4) is 0 Å². The summed E-state index contributed by atoms with van der Waals surface area (Å²) in [4.78, 5) is 10.5. The molecule has 0 unspecified atom stereocenters. The molecule has 0 aliphatic rings. The third-order valence-corrected chi connectivity index (χ3v) is 1.60. The Labute approximate surface area is 75.5 Å². The second-order valence-corrected chi connectivity index (χ2v) is 2.48. The standard InChI is InChI=1S/C10H7NO2/c1-7(10(12)13)9-4-2-3-8(5-9)6-11/h2-5H,1H2,(H,12,13). The molecule has 0 saturated heterocycles. The number of nitriles is 1. The number of hydrogen-bond donors (Lipinski definition) is 1. The number of benzene rings is 1. The zero-order valence-electron chi connectivity index (χ0n) is 6.82. The van der Waals surface area contributed by atoms with Crippen molar-refractivity contribution in [2.75, 3.05) is 0 Å². The normalized spacial score (nSPS) is 8.85. The first-order valence-electron chi connectivity index (χ1n) is 3.58. The summed E-state index contributed by atoms with van der Waals surface area (Å²) >= 11 is 0. The van der Waals surface area contributed by atoms with Gasteiger partial charge in [0, 0.05) is 0 Å². The second kappa shape index (κ2) is 3.55. The van der Waals surface area contributed by atoms with E-state index in [0.717, 1.165) is 0 Å². The summed E-state index contributed by atoms with van der Waals surface area (Å²) in [7, 11) is 0. The van der Waals surface area contributed by atoms with E-state index in [1.165, 1.54) is 6.07 Å². The molecular weight excluding hydrogens is 166 g/mol. The molecule has 0 saturated carbocycles. The molecule has 0 atom stereocenters. The number of aliphatic carboxylic acids is 1. The van der Waals surface area contributed by atoms with Crippen LogP contribution < -0.4 is 0 Å². The molecule has 1 rings (SSSR count). The van der Waals surface area contributed by atoms with Crippen LogP contribution in [0, 0.1) is 11.3 Å². The summed E-state index contributed by atoms with van der Waals surface area (Å²) in [6.45, 7) is 3.39. The van der Waals surface area contributed by atoms with Gasteiger partial charge in [0.05, 0.1) is 17.2 Å². The van der Waals surface area contributed by atoms with Crippen LogP contribution in [0.4, 0.5) is 0 Å². The summed E-state index contributed by atoms with van der Waals surface area (Å²) < 4.78 is 0. The van der Waals surface area contributed by atoms with Crippen molar-refractivity contribution in [3.63, 3.8) is 0 Å². The third kappa shape index (κ3) is 1.94. The molecule has 1 aromatic rings. The summed E-state index contributed by atoms with van der Waals surface area (Å²) in [6.07, 6.45) is 0. The number of carboxylic acids is 1. The lowest BCUT2D eigenvalue weighted by Crippen LogP contribution is -1.97. The van der Waals surface area contributed by atoms with Crippen molar-refractivity contribution in [2.24, 2.45) is 0 Å². The molecule has 0 aromatic heterocycles. The number of carboxylic acid groups (broad SMARTS) is 1. The first-order valence-corrected chi connectivity index (χ1v) is 3.58. The summed E-state index contributed by atoms with van der Waals surface area (Å²) in [5.41, 5.74) is 0.892. The first-order chi connectivity index (χ1) is 6.15. The zero-order chi connectivity index (χ0) is 9.84. The van der Waals surface area contributed by atoms with Crippen molar-refractivity contribution < 1.29 is 9.90 Å². The van der Waals surface area contributed by atoms with Gasteiger partial charge in [-0.15, -0.1) is 0 Å². The number of carbonyl (C=O) groups is 1. The molecule has 3 nitrogen and oxygen atoms in total. The van der Waals surface area contributed by atoms with Gasteiger partial charge in [0.25, 0.3) is 0 Å². The predicted molar refractivity (Wildman–Crippen MR) is 47.8 cm³/mol. The maximum atomic E-state index is 10.5. The van der Waals surface area contributed by atoms with Gasteiger partial charge in [-0.05, 0) is 17.7 Å². The molecule has 0 bridgehead atoms. The van der Waals surface area contributed by atoms with Gasteiger partial charge in [-0.2, -0.15) is 5.26 Å². The van der Waals surface area contributed by atoms with Crippen LogP contribution in [-0.2, 0) is 4.79 Å². The van der Waals surface area contributed by atoms with Crippen LogP contribution >= 0.6 is 0 Å². The molecule has 1 aromatic carbocycles. The smallest absolute Gasteiger partial charge is 0.335 e. The quantitative estimate of drug-likeness (QED) is 0.692. The maximum Gasteiger partial charge on any atom is 0.335 e. The molecule has 13 heavy (non-hydrogen) atoms. The first kappa shape index (κ1) is 9.01. The zero-order valence-corrected chi connectivity index (χ0v) is 6.82. The average Bonchev–Trinajstić information content (AvgIpc) is 2.16. The molecule has 0 fully saturated rings. The molecular formula is C10H7NO2.